The van der Waals surface area contributed by atoms with Gasteiger partial charge in [0.1, 0.15) is 0 Å². The molecular weight excluding hydrogens is 204 g/mol. The van der Waals surface area contributed by atoms with E-state index < -0.39 is 0 Å². The molecule has 0 N–H and O–H groups in total. The molecule has 100 valence electrons. The quantitative estimate of drug-likeness (QED) is 0.392. The zero-order chi connectivity index (χ0) is 12.2. The molecule has 0 nitrogen and oxygen atoms in total. The van der Waals surface area contributed by atoms with Crippen molar-refractivity contribution in [1.82, 2.24) is 0 Å². The molecule has 0 heteroatoms. The van der Waals surface area contributed by atoms with Gasteiger partial charge in [-0.1, -0.05) is 76.4 Å². The van der Waals surface area contributed by atoms with Gasteiger partial charge in [-0.15, -0.1) is 0 Å². The van der Waals surface area contributed by atoms with Crippen LogP contribution in [0.3, 0.4) is 0 Å². The van der Waals surface area contributed by atoms with Crippen molar-refractivity contribution in [3.63, 3.8) is 0 Å². The summed E-state index contributed by atoms with van der Waals surface area (Å²) in [6.07, 6.45) is 22.6. The lowest BCUT2D eigenvalue weighted by Gasteiger charge is -2.10. The van der Waals surface area contributed by atoms with Crippen LogP contribution in [0, 0.1) is 0 Å². The van der Waals surface area contributed by atoms with Gasteiger partial charge in [0.05, 0.1) is 0 Å². The normalized spacial score (nSPS) is 20.4. The zero-order valence-corrected chi connectivity index (χ0v) is 12.0. The minimum absolute atomic E-state index is 1.33. The van der Waals surface area contributed by atoms with Gasteiger partial charge in [-0.25, -0.2) is 0 Å². The first kappa shape index (κ1) is 14.8. The van der Waals surface area contributed by atoms with E-state index in [9.17, 15) is 0 Å². The van der Waals surface area contributed by atoms with Crippen LogP contribution in [0.15, 0.2) is 11.6 Å². The lowest BCUT2D eigenvalue weighted by atomic mass is 9.96. The van der Waals surface area contributed by atoms with Crippen LogP contribution < -0.4 is 0 Å². The van der Waals surface area contributed by atoms with Crippen LogP contribution in [-0.4, -0.2) is 0 Å². The van der Waals surface area contributed by atoms with Crippen LogP contribution in [0.5, 0.6) is 0 Å². The first-order chi connectivity index (χ1) is 8.43. The summed E-state index contributed by atoms with van der Waals surface area (Å²) in [5, 5.41) is 0. The largest absolute Gasteiger partial charge is 0.0853 e. The zero-order valence-electron chi connectivity index (χ0n) is 12.0. The van der Waals surface area contributed by atoms with E-state index in [4.69, 9.17) is 0 Å². The van der Waals surface area contributed by atoms with Crippen molar-refractivity contribution in [3.8, 4) is 0 Å². The second kappa shape index (κ2) is 10.9. The number of unbranched alkanes of at least 4 members (excludes halogenated alkanes) is 2. The summed E-state index contributed by atoms with van der Waals surface area (Å²) in [7, 11) is 0. The first-order valence-electron chi connectivity index (χ1n) is 8.11. The van der Waals surface area contributed by atoms with Crippen LogP contribution in [0.25, 0.3) is 0 Å². The van der Waals surface area contributed by atoms with E-state index in [-0.39, 0.29) is 0 Å². The van der Waals surface area contributed by atoms with Crippen LogP contribution >= 0.6 is 0 Å². The van der Waals surface area contributed by atoms with Crippen molar-refractivity contribution in [2.24, 2.45) is 0 Å². The first-order valence-corrected chi connectivity index (χ1v) is 8.11. The van der Waals surface area contributed by atoms with Crippen LogP contribution in [0.4, 0.5) is 0 Å². The lowest BCUT2D eigenvalue weighted by molar-refractivity contribution is 0.539. The monoisotopic (exact) mass is 236 g/mol. The van der Waals surface area contributed by atoms with E-state index in [0.717, 1.165) is 0 Å². The predicted molar refractivity (Wildman–Crippen MR) is 78.4 cm³/mol. The molecule has 0 atom stereocenters. The molecule has 0 radical (unpaired) electrons. The molecule has 17 heavy (non-hydrogen) atoms. The Morgan fingerprint density at radius 1 is 0.765 bits per heavy atom. The molecule has 0 bridgehead atoms. The Labute approximate surface area is 109 Å². The van der Waals surface area contributed by atoms with Gasteiger partial charge in [-0.3, -0.25) is 0 Å². The molecule has 0 heterocycles. The van der Waals surface area contributed by atoms with Crippen LogP contribution in [-0.2, 0) is 0 Å². The molecule has 0 aliphatic heterocycles. The lowest BCUT2D eigenvalue weighted by Crippen LogP contribution is -1.90. The van der Waals surface area contributed by atoms with Gasteiger partial charge in [0.2, 0.25) is 0 Å². The van der Waals surface area contributed by atoms with Gasteiger partial charge in [0.25, 0.3) is 0 Å². The second-order valence-corrected chi connectivity index (χ2v) is 5.69. The van der Waals surface area contributed by atoms with Crippen molar-refractivity contribution in [3.05, 3.63) is 11.6 Å². The summed E-state index contributed by atoms with van der Waals surface area (Å²) in [4.78, 5) is 0. The second-order valence-electron chi connectivity index (χ2n) is 5.69. The van der Waals surface area contributed by atoms with Gasteiger partial charge < -0.3 is 0 Å². The average molecular weight is 236 g/mol. The Morgan fingerprint density at radius 2 is 1.24 bits per heavy atom. The van der Waals surface area contributed by atoms with Gasteiger partial charge in [-0.2, -0.15) is 0 Å². The maximum atomic E-state index is 2.56. The summed E-state index contributed by atoms with van der Waals surface area (Å²) >= 11 is 0. The topological polar surface area (TPSA) is 0 Å². The highest BCUT2D eigenvalue weighted by molar-refractivity contribution is 5.01. The molecule has 0 saturated heterocycles. The van der Waals surface area contributed by atoms with Crippen molar-refractivity contribution in [1.29, 1.82) is 0 Å². The molecule has 1 fully saturated rings. The standard InChI is InChI=1S/C17H32/c1-2-3-11-14-17-15-12-9-7-5-4-6-8-10-13-16-17/h14H,2-13,15-16H2,1H3. The molecule has 1 aliphatic carbocycles. The van der Waals surface area contributed by atoms with E-state index in [0.29, 0.717) is 0 Å². The third-order valence-corrected chi connectivity index (χ3v) is 3.99. The minimum atomic E-state index is 1.33. The summed E-state index contributed by atoms with van der Waals surface area (Å²) in [5.74, 6) is 0. The third-order valence-electron chi connectivity index (χ3n) is 3.99. The Hall–Kier alpha value is -0.260. The Kier molecular flexibility index (Phi) is 9.46. The number of allylic oxidation sites excluding steroid dienone is 2. The minimum Gasteiger partial charge on any atom is -0.0853 e. The number of hydrogen-bond donors (Lipinski definition) is 0. The Morgan fingerprint density at radius 3 is 1.71 bits per heavy atom. The van der Waals surface area contributed by atoms with Gasteiger partial charge in [0.15, 0.2) is 0 Å². The number of hydrogen-bond acceptors (Lipinski definition) is 0. The van der Waals surface area contributed by atoms with Crippen molar-refractivity contribution >= 4 is 0 Å². The molecule has 0 spiro atoms. The molecule has 0 aromatic heterocycles. The van der Waals surface area contributed by atoms with Crippen molar-refractivity contribution < 1.29 is 0 Å². The highest BCUT2D eigenvalue weighted by atomic mass is 14.1. The van der Waals surface area contributed by atoms with Crippen LogP contribution in [0.2, 0.25) is 0 Å². The van der Waals surface area contributed by atoms with E-state index in [1.54, 1.807) is 5.57 Å². The van der Waals surface area contributed by atoms with Gasteiger partial charge >= 0.3 is 0 Å². The van der Waals surface area contributed by atoms with Crippen molar-refractivity contribution in [2.45, 2.75) is 96.8 Å². The van der Waals surface area contributed by atoms with E-state index in [1.165, 1.54) is 89.9 Å². The average Bonchev–Trinajstić information content (AvgIpc) is 2.32. The van der Waals surface area contributed by atoms with Crippen LogP contribution in [0.1, 0.15) is 96.8 Å². The Balaban J connectivity index is 2.29. The van der Waals surface area contributed by atoms with E-state index in [2.05, 4.69) is 13.0 Å². The number of rotatable bonds is 3. The smallest absolute Gasteiger partial charge is 0.0320 e. The summed E-state index contributed by atoms with van der Waals surface area (Å²) in [5.41, 5.74) is 1.78. The fraction of sp³-hybridized carbons (Fsp3) is 0.882. The maximum absolute atomic E-state index is 2.56. The molecule has 1 saturated carbocycles. The van der Waals surface area contributed by atoms with Gasteiger partial charge in [0, 0.05) is 0 Å². The molecule has 0 aromatic carbocycles. The van der Waals surface area contributed by atoms with Gasteiger partial charge in [-0.05, 0) is 32.1 Å². The fourth-order valence-electron chi connectivity index (χ4n) is 2.78. The molecule has 1 aliphatic rings. The molecule has 0 amide bonds. The highest BCUT2D eigenvalue weighted by Gasteiger charge is 2.01. The maximum Gasteiger partial charge on any atom is -0.0320 e. The molecular formula is C17H32. The predicted octanol–water partition coefficient (Wildman–Crippen LogP) is 6.41. The Bertz CT molecular complexity index is 176. The van der Waals surface area contributed by atoms with E-state index >= 15 is 0 Å². The summed E-state index contributed by atoms with van der Waals surface area (Å²) in [6.45, 7) is 2.29. The molecule has 0 unspecified atom stereocenters. The van der Waals surface area contributed by atoms with Crippen molar-refractivity contribution in [2.75, 3.05) is 0 Å². The highest BCUT2D eigenvalue weighted by Crippen LogP contribution is 2.21. The molecule has 0 aromatic rings. The summed E-state index contributed by atoms with van der Waals surface area (Å²) in [6, 6.07) is 0. The SMILES string of the molecule is CCCCC=C1CCCCCCCCCCC1. The summed E-state index contributed by atoms with van der Waals surface area (Å²) < 4.78 is 0. The third kappa shape index (κ3) is 8.46. The van der Waals surface area contributed by atoms with E-state index in [1.807, 2.05) is 0 Å². The molecule has 1 rings (SSSR count). The fourth-order valence-corrected chi connectivity index (χ4v) is 2.78.